The molecule has 144 valence electrons. The van der Waals surface area contributed by atoms with Crippen molar-refractivity contribution in [3.63, 3.8) is 0 Å². The van der Waals surface area contributed by atoms with Gasteiger partial charge in [-0.1, -0.05) is 31.9 Å². The first kappa shape index (κ1) is 18.5. The van der Waals surface area contributed by atoms with Gasteiger partial charge in [0.15, 0.2) is 0 Å². The van der Waals surface area contributed by atoms with Crippen molar-refractivity contribution in [3.05, 3.63) is 35.1 Å². The highest BCUT2D eigenvalue weighted by molar-refractivity contribution is 5.26. The van der Waals surface area contributed by atoms with E-state index >= 15 is 0 Å². The predicted molar refractivity (Wildman–Crippen MR) is 108 cm³/mol. The fourth-order valence-corrected chi connectivity index (χ4v) is 6.69. The van der Waals surface area contributed by atoms with Crippen LogP contribution in [0.4, 0.5) is 4.39 Å². The standard InChI is InChI=1S/C25H37F/c1-3-18-5-6-23-16-22(12-11-21(23)15-18)19-7-9-20(10-8-19)24-13-4-17(2)14-25(24)26/h4,13-14,18-23H,3,5-12,15-16H2,1-2H3. The minimum absolute atomic E-state index is 0.0293. The summed E-state index contributed by atoms with van der Waals surface area (Å²) >= 11 is 0. The van der Waals surface area contributed by atoms with Gasteiger partial charge in [0.2, 0.25) is 0 Å². The number of hydrogen-bond acceptors (Lipinski definition) is 0. The fraction of sp³-hybridized carbons (Fsp3) is 0.760. The zero-order valence-corrected chi connectivity index (χ0v) is 16.9. The molecule has 0 bridgehead atoms. The maximum Gasteiger partial charge on any atom is 0.126 e. The van der Waals surface area contributed by atoms with E-state index < -0.39 is 0 Å². The SMILES string of the molecule is CCC1CCC2CC(C3CCC(c4ccc(C)cc4F)CC3)CCC2C1. The molecule has 3 aliphatic carbocycles. The van der Waals surface area contributed by atoms with Crippen LogP contribution in [0.1, 0.15) is 94.6 Å². The molecule has 0 amide bonds. The second kappa shape index (κ2) is 8.03. The van der Waals surface area contributed by atoms with Crippen LogP contribution < -0.4 is 0 Å². The van der Waals surface area contributed by atoms with E-state index in [0.717, 1.165) is 40.7 Å². The normalized spacial score (nSPS) is 38.0. The van der Waals surface area contributed by atoms with E-state index in [9.17, 15) is 4.39 Å². The first-order chi connectivity index (χ1) is 12.6. The van der Waals surface area contributed by atoms with Gasteiger partial charge in [-0.05, 0) is 117 Å². The Kier molecular flexibility index (Phi) is 5.72. The van der Waals surface area contributed by atoms with Crippen LogP contribution in [0.25, 0.3) is 0 Å². The second-order valence-electron chi connectivity index (χ2n) is 9.82. The Morgan fingerprint density at radius 2 is 1.42 bits per heavy atom. The zero-order chi connectivity index (χ0) is 18.1. The number of benzene rings is 1. The van der Waals surface area contributed by atoms with Crippen LogP contribution in [-0.4, -0.2) is 0 Å². The van der Waals surface area contributed by atoms with E-state index in [1.807, 2.05) is 13.0 Å². The van der Waals surface area contributed by atoms with E-state index in [2.05, 4.69) is 13.0 Å². The van der Waals surface area contributed by atoms with Crippen molar-refractivity contribution in [2.45, 2.75) is 90.4 Å². The molecule has 0 radical (unpaired) electrons. The van der Waals surface area contributed by atoms with Crippen LogP contribution in [0, 0.1) is 42.3 Å². The van der Waals surface area contributed by atoms with Crippen LogP contribution in [0.5, 0.6) is 0 Å². The third kappa shape index (κ3) is 3.87. The highest BCUT2D eigenvalue weighted by Crippen LogP contribution is 2.50. The highest BCUT2D eigenvalue weighted by Gasteiger charge is 2.38. The van der Waals surface area contributed by atoms with Gasteiger partial charge in [-0.3, -0.25) is 0 Å². The molecule has 0 heterocycles. The molecule has 0 aromatic heterocycles. The van der Waals surface area contributed by atoms with Gasteiger partial charge in [-0.15, -0.1) is 0 Å². The molecule has 3 fully saturated rings. The molecule has 3 aliphatic rings. The quantitative estimate of drug-likeness (QED) is 0.521. The summed E-state index contributed by atoms with van der Waals surface area (Å²) in [4.78, 5) is 0. The third-order valence-electron chi connectivity index (χ3n) is 8.37. The average Bonchev–Trinajstić information content (AvgIpc) is 2.67. The van der Waals surface area contributed by atoms with Gasteiger partial charge in [-0.2, -0.15) is 0 Å². The number of hydrogen-bond donors (Lipinski definition) is 0. The Hall–Kier alpha value is -0.850. The summed E-state index contributed by atoms with van der Waals surface area (Å²) in [5, 5.41) is 0. The van der Waals surface area contributed by atoms with Gasteiger partial charge < -0.3 is 0 Å². The Balaban J connectivity index is 1.31. The predicted octanol–water partition coefficient (Wildman–Crippen LogP) is 7.65. The van der Waals surface area contributed by atoms with Crippen molar-refractivity contribution in [1.82, 2.24) is 0 Å². The Morgan fingerprint density at radius 3 is 2.12 bits per heavy atom. The maximum atomic E-state index is 14.3. The summed E-state index contributed by atoms with van der Waals surface area (Å²) in [6.45, 7) is 4.36. The molecule has 26 heavy (non-hydrogen) atoms. The van der Waals surface area contributed by atoms with E-state index in [0.29, 0.717) is 5.92 Å². The van der Waals surface area contributed by atoms with Crippen molar-refractivity contribution in [1.29, 1.82) is 0 Å². The van der Waals surface area contributed by atoms with Crippen molar-refractivity contribution in [3.8, 4) is 0 Å². The van der Waals surface area contributed by atoms with Gasteiger partial charge in [-0.25, -0.2) is 4.39 Å². The number of halogens is 1. The molecular weight excluding hydrogens is 319 g/mol. The minimum atomic E-state index is 0.0293. The maximum absolute atomic E-state index is 14.3. The monoisotopic (exact) mass is 356 g/mol. The molecule has 1 aromatic rings. The van der Waals surface area contributed by atoms with Crippen LogP contribution in [0.2, 0.25) is 0 Å². The van der Waals surface area contributed by atoms with E-state index in [1.165, 1.54) is 70.6 Å². The molecule has 3 saturated carbocycles. The van der Waals surface area contributed by atoms with Gasteiger partial charge in [0.1, 0.15) is 5.82 Å². The third-order valence-corrected chi connectivity index (χ3v) is 8.37. The van der Waals surface area contributed by atoms with Crippen molar-refractivity contribution >= 4 is 0 Å². The molecule has 4 rings (SSSR count). The van der Waals surface area contributed by atoms with E-state index in [1.54, 1.807) is 6.07 Å². The lowest BCUT2D eigenvalue weighted by molar-refractivity contribution is 0.0628. The van der Waals surface area contributed by atoms with Crippen molar-refractivity contribution < 1.29 is 4.39 Å². The van der Waals surface area contributed by atoms with Crippen LogP contribution in [0.3, 0.4) is 0 Å². The largest absolute Gasteiger partial charge is 0.207 e. The van der Waals surface area contributed by atoms with Gasteiger partial charge >= 0.3 is 0 Å². The van der Waals surface area contributed by atoms with Crippen molar-refractivity contribution in [2.24, 2.45) is 29.6 Å². The molecule has 0 spiro atoms. The summed E-state index contributed by atoms with van der Waals surface area (Å²) in [6.07, 6.45) is 15.5. The topological polar surface area (TPSA) is 0 Å². The molecule has 4 atom stereocenters. The lowest BCUT2D eigenvalue weighted by atomic mass is 9.60. The lowest BCUT2D eigenvalue weighted by Gasteiger charge is -2.45. The summed E-state index contributed by atoms with van der Waals surface area (Å²) in [5.41, 5.74) is 2.02. The molecule has 1 aromatic carbocycles. The highest BCUT2D eigenvalue weighted by atomic mass is 19.1. The molecular formula is C25H37F. The number of aryl methyl sites for hydroxylation is 1. The van der Waals surface area contributed by atoms with Crippen LogP contribution in [-0.2, 0) is 0 Å². The van der Waals surface area contributed by atoms with E-state index in [-0.39, 0.29) is 5.82 Å². The summed E-state index contributed by atoms with van der Waals surface area (Å²) in [5.74, 6) is 5.48. The molecule has 0 aliphatic heterocycles. The van der Waals surface area contributed by atoms with Crippen molar-refractivity contribution in [2.75, 3.05) is 0 Å². The van der Waals surface area contributed by atoms with E-state index in [4.69, 9.17) is 0 Å². The smallest absolute Gasteiger partial charge is 0.126 e. The molecule has 0 nitrogen and oxygen atoms in total. The first-order valence-electron chi connectivity index (χ1n) is 11.4. The molecule has 0 N–H and O–H groups in total. The Morgan fingerprint density at radius 1 is 0.808 bits per heavy atom. The van der Waals surface area contributed by atoms with Crippen LogP contribution in [0.15, 0.2) is 18.2 Å². The Labute approximate surface area is 160 Å². The van der Waals surface area contributed by atoms with Gasteiger partial charge in [0.25, 0.3) is 0 Å². The molecule has 4 unspecified atom stereocenters. The number of rotatable bonds is 3. The first-order valence-corrected chi connectivity index (χ1v) is 11.4. The fourth-order valence-electron chi connectivity index (χ4n) is 6.69. The zero-order valence-electron chi connectivity index (χ0n) is 16.9. The second-order valence-corrected chi connectivity index (χ2v) is 9.82. The molecule has 0 saturated heterocycles. The summed E-state index contributed by atoms with van der Waals surface area (Å²) in [6, 6.07) is 5.85. The minimum Gasteiger partial charge on any atom is -0.207 e. The number of fused-ring (bicyclic) bond motifs is 1. The average molecular weight is 357 g/mol. The van der Waals surface area contributed by atoms with Gasteiger partial charge in [0.05, 0.1) is 0 Å². The Bertz CT molecular complexity index is 598. The molecule has 1 heteroatoms. The lowest BCUT2D eigenvalue weighted by Crippen LogP contribution is -2.34. The van der Waals surface area contributed by atoms with Crippen LogP contribution >= 0.6 is 0 Å². The van der Waals surface area contributed by atoms with Gasteiger partial charge in [0, 0.05) is 0 Å². The summed E-state index contributed by atoms with van der Waals surface area (Å²) in [7, 11) is 0. The summed E-state index contributed by atoms with van der Waals surface area (Å²) < 4.78 is 14.3.